The highest BCUT2D eigenvalue weighted by Crippen LogP contribution is 2.45. The molecule has 1 rings (SSSR count). The van der Waals surface area contributed by atoms with Gasteiger partial charge in [-0.2, -0.15) is 5.26 Å². The molecular weight excluding hydrogens is 174 g/mol. The van der Waals surface area contributed by atoms with Crippen LogP contribution in [0.5, 0.6) is 0 Å². The van der Waals surface area contributed by atoms with Crippen molar-refractivity contribution in [1.82, 2.24) is 0 Å². The second kappa shape index (κ2) is 3.90. The zero-order valence-corrected chi connectivity index (χ0v) is 9.51. The fourth-order valence-electron chi connectivity index (χ4n) is 2.54. The first-order chi connectivity index (χ1) is 6.47. The minimum Gasteiger partial charge on any atom is -0.388 e. The summed E-state index contributed by atoms with van der Waals surface area (Å²) in [4.78, 5) is 0. The van der Waals surface area contributed by atoms with Gasteiger partial charge in [-0.15, -0.1) is 0 Å². The van der Waals surface area contributed by atoms with E-state index in [1.54, 1.807) is 0 Å². The molecule has 0 spiro atoms. The first-order valence-corrected chi connectivity index (χ1v) is 5.61. The summed E-state index contributed by atoms with van der Waals surface area (Å²) < 4.78 is 0. The number of rotatable bonds is 2. The summed E-state index contributed by atoms with van der Waals surface area (Å²) in [7, 11) is 0. The molecule has 1 aliphatic rings. The lowest BCUT2D eigenvalue weighted by atomic mass is 9.63. The molecule has 2 nitrogen and oxygen atoms in total. The first kappa shape index (κ1) is 11.5. The van der Waals surface area contributed by atoms with Crippen LogP contribution < -0.4 is 0 Å². The lowest BCUT2D eigenvalue weighted by Gasteiger charge is -2.44. The largest absolute Gasteiger partial charge is 0.388 e. The number of aliphatic hydroxyl groups is 1. The highest BCUT2D eigenvalue weighted by molar-refractivity contribution is 5.09. The first-order valence-electron chi connectivity index (χ1n) is 5.61. The van der Waals surface area contributed by atoms with Crippen LogP contribution in [0.25, 0.3) is 0 Å². The molecular formula is C12H21NO. The quantitative estimate of drug-likeness (QED) is 0.736. The van der Waals surface area contributed by atoms with E-state index in [0.29, 0.717) is 5.92 Å². The van der Waals surface area contributed by atoms with Gasteiger partial charge in [0.05, 0.1) is 17.1 Å². The molecule has 0 amide bonds. The minimum absolute atomic E-state index is 0.549. The van der Waals surface area contributed by atoms with Crippen LogP contribution in [0.3, 0.4) is 0 Å². The van der Waals surface area contributed by atoms with E-state index >= 15 is 0 Å². The van der Waals surface area contributed by atoms with Crippen LogP contribution in [0.2, 0.25) is 0 Å². The summed E-state index contributed by atoms with van der Waals surface area (Å²) in [6.45, 7) is 6.04. The van der Waals surface area contributed by atoms with E-state index in [2.05, 4.69) is 13.0 Å². The van der Waals surface area contributed by atoms with Crippen LogP contribution in [-0.2, 0) is 0 Å². The van der Waals surface area contributed by atoms with Crippen molar-refractivity contribution < 1.29 is 5.11 Å². The molecule has 0 aromatic heterocycles. The fourth-order valence-corrected chi connectivity index (χ4v) is 2.54. The van der Waals surface area contributed by atoms with Gasteiger partial charge in [-0.1, -0.05) is 26.7 Å². The standard InChI is InChI=1S/C12H21NO/c1-4-11(3,9-13)12(14)7-5-6-10(2)8-12/h10,14H,4-8H2,1-3H3. The van der Waals surface area contributed by atoms with Gasteiger partial charge in [-0.25, -0.2) is 0 Å². The molecule has 14 heavy (non-hydrogen) atoms. The Balaban J connectivity index is 2.87. The molecule has 1 aliphatic carbocycles. The van der Waals surface area contributed by atoms with Crippen LogP contribution in [0.4, 0.5) is 0 Å². The molecule has 0 aromatic carbocycles. The van der Waals surface area contributed by atoms with Crippen molar-refractivity contribution in [3.8, 4) is 6.07 Å². The average Bonchev–Trinajstić information content (AvgIpc) is 2.16. The molecule has 3 unspecified atom stereocenters. The average molecular weight is 195 g/mol. The van der Waals surface area contributed by atoms with Crippen LogP contribution in [0, 0.1) is 22.7 Å². The third kappa shape index (κ3) is 1.79. The molecule has 80 valence electrons. The highest BCUT2D eigenvalue weighted by Gasteiger charge is 2.47. The maximum Gasteiger partial charge on any atom is 0.0833 e. The molecule has 0 aromatic rings. The van der Waals surface area contributed by atoms with E-state index < -0.39 is 11.0 Å². The Hall–Kier alpha value is -0.550. The van der Waals surface area contributed by atoms with Crippen molar-refractivity contribution in [2.45, 2.75) is 58.5 Å². The van der Waals surface area contributed by atoms with E-state index in [0.717, 1.165) is 25.7 Å². The second-order valence-electron chi connectivity index (χ2n) is 5.03. The molecule has 1 N–H and O–H groups in total. The number of nitrogens with zero attached hydrogens (tertiary/aromatic N) is 1. The monoisotopic (exact) mass is 195 g/mol. The zero-order valence-electron chi connectivity index (χ0n) is 9.51. The van der Waals surface area contributed by atoms with E-state index in [1.807, 2.05) is 13.8 Å². The molecule has 0 bridgehead atoms. The smallest absolute Gasteiger partial charge is 0.0833 e. The Kier molecular flexibility index (Phi) is 3.21. The van der Waals surface area contributed by atoms with Gasteiger partial charge >= 0.3 is 0 Å². The summed E-state index contributed by atoms with van der Waals surface area (Å²) in [5, 5.41) is 19.7. The maximum atomic E-state index is 10.5. The number of hydrogen-bond acceptors (Lipinski definition) is 2. The van der Waals surface area contributed by atoms with E-state index in [9.17, 15) is 10.4 Å². The second-order valence-corrected chi connectivity index (χ2v) is 5.03. The summed E-state index contributed by atoms with van der Waals surface area (Å²) in [6.07, 6.45) is 4.54. The Morgan fingerprint density at radius 3 is 2.71 bits per heavy atom. The van der Waals surface area contributed by atoms with Gasteiger partial charge in [-0.3, -0.25) is 0 Å². The predicted octanol–water partition coefficient (Wildman–Crippen LogP) is 2.87. The van der Waals surface area contributed by atoms with Gasteiger partial charge in [-0.05, 0) is 32.1 Å². The summed E-state index contributed by atoms with van der Waals surface area (Å²) in [5.41, 5.74) is -1.32. The Morgan fingerprint density at radius 1 is 1.64 bits per heavy atom. The van der Waals surface area contributed by atoms with E-state index in [-0.39, 0.29) is 0 Å². The molecule has 3 atom stereocenters. The summed E-state index contributed by atoms with van der Waals surface area (Å²) in [5.74, 6) is 0.549. The topological polar surface area (TPSA) is 44.0 Å². The van der Waals surface area contributed by atoms with Gasteiger partial charge < -0.3 is 5.11 Å². The molecule has 0 aliphatic heterocycles. The van der Waals surface area contributed by atoms with Gasteiger partial charge in [0.2, 0.25) is 0 Å². The zero-order chi connectivity index (χ0) is 10.8. The van der Waals surface area contributed by atoms with Gasteiger partial charge in [0, 0.05) is 0 Å². The van der Waals surface area contributed by atoms with Crippen molar-refractivity contribution in [2.75, 3.05) is 0 Å². The van der Waals surface area contributed by atoms with Crippen molar-refractivity contribution in [3.05, 3.63) is 0 Å². The normalized spacial score (nSPS) is 37.2. The lowest BCUT2D eigenvalue weighted by molar-refractivity contribution is -0.0887. The van der Waals surface area contributed by atoms with Crippen molar-refractivity contribution in [1.29, 1.82) is 5.26 Å². The Labute approximate surface area is 86.9 Å². The highest BCUT2D eigenvalue weighted by atomic mass is 16.3. The van der Waals surface area contributed by atoms with Crippen molar-refractivity contribution in [2.24, 2.45) is 11.3 Å². The van der Waals surface area contributed by atoms with Crippen molar-refractivity contribution >= 4 is 0 Å². The summed E-state index contributed by atoms with van der Waals surface area (Å²) >= 11 is 0. The van der Waals surface area contributed by atoms with Crippen LogP contribution in [0.1, 0.15) is 52.9 Å². The molecule has 0 saturated heterocycles. The predicted molar refractivity (Wildman–Crippen MR) is 56.6 cm³/mol. The molecule has 0 heterocycles. The lowest BCUT2D eigenvalue weighted by Crippen LogP contribution is -2.48. The number of hydrogen-bond donors (Lipinski definition) is 1. The third-order valence-corrected chi connectivity index (χ3v) is 3.95. The van der Waals surface area contributed by atoms with Crippen LogP contribution >= 0.6 is 0 Å². The molecule has 1 fully saturated rings. The van der Waals surface area contributed by atoms with Gasteiger partial charge in [0.1, 0.15) is 0 Å². The maximum absolute atomic E-state index is 10.5. The Bertz CT molecular complexity index is 245. The minimum atomic E-state index is -0.756. The van der Waals surface area contributed by atoms with Crippen LogP contribution in [0.15, 0.2) is 0 Å². The van der Waals surface area contributed by atoms with E-state index in [1.165, 1.54) is 6.42 Å². The SMILES string of the molecule is CCC(C)(C#N)C1(O)CCCC(C)C1. The molecule has 0 radical (unpaired) electrons. The summed E-state index contributed by atoms with van der Waals surface area (Å²) in [6, 6.07) is 2.31. The molecule has 2 heteroatoms. The number of nitriles is 1. The third-order valence-electron chi connectivity index (χ3n) is 3.95. The van der Waals surface area contributed by atoms with E-state index in [4.69, 9.17) is 0 Å². The van der Waals surface area contributed by atoms with Crippen molar-refractivity contribution in [3.63, 3.8) is 0 Å². The van der Waals surface area contributed by atoms with Crippen LogP contribution in [-0.4, -0.2) is 10.7 Å². The van der Waals surface area contributed by atoms with Gasteiger partial charge in [0.25, 0.3) is 0 Å². The fraction of sp³-hybridized carbons (Fsp3) is 0.917. The Morgan fingerprint density at radius 2 is 2.29 bits per heavy atom. The molecule has 1 saturated carbocycles. The van der Waals surface area contributed by atoms with Gasteiger partial charge in [0.15, 0.2) is 0 Å².